The van der Waals surface area contributed by atoms with Gasteiger partial charge in [0.1, 0.15) is 0 Å². The number of rotatable bonds is 0. The first-order valence-corrected chi connectivity index (χ1v) is 6.61. The molecular formula is C14H8Br2. The summed E-state index contributed by atoms with van der Waals surface area (Å²) in [5, 5.41) is 5.03. The van der Waals surface area contributed by atoms with Crippen molar-refractivity contribution >= 4 is 53.4 Å². The zero-order chi connectivity index (χ0) is 11.1. The van der Waals surface area contributed by atoms with Crippen molar-refractivity contribution in [1.82, 2.24) is 0 Å². The van der Waals surface area contributed by atoms with Crippen LogP contribution in [0.5, 0.6) is 0 Å². The highest BCUT2D eigenvalue weighted by atomic mass is 79.9. The van der Waals surface area contributed by atoms with Gasteiger partial charge in [0.25, 0.3) is 0 Å². The molecule has 3 aromatic rings. The van der Waals surface area contributed by atoms with Gasteiger partial charge in [-0.05, 0) is 55.7 Å². The molecule has 0 heterocycles. The van der Waals surface area contributed by atoms with Crippen molar-refractivity contribution in [2.45, 2.75) is 0 Å². The topological polar surface area (TPSA) is 0 Å². The molecule has 2 heteroatoms. The molecule has 78 valence electrons. The highest BCUT2D eigenvalue weighted by Gasteiger charge is 2.04. The van der Waals surface area contributed by atoms with Crippen molar-refractivity contribution in [3.63, 3.8) is 0 Å². The minimum absolute atomic E-state index is 1.11. The van der Waals surface area contributed by atoms with Gasteiger partial charge in [-0.2, -0.15) is 0 Å². The fourth-order valence-corrected chi connectivity index (χ4v) is 3.09. The van der Waals surface area contributed by atoms with Crippen molar-refractivity contribution in [2.24, 2.45) is 0 Å². The van der Waals surface area contributed by atoms with Gasteiger partial charge in [-0.3, -0.25) is 0 Å². The fourth-order valence-electron chi connectivity index (χ4n) is 1.99. The van der Waals surface area contributed by atoms with E-state index in [2.05, 4.69) is 80.4 Å². The van der Waals surface area contributed by atoms with Gasteiger partial charge in [0.2, 0.25) is 0 Å². The zero-order valence-corrected chi connectivity index (χ0v) is 11.5. The van der Waals surface area contributed by atoms with Crippen LogP contribution in [0.3, 0.4) is 0 Å². The van der Waals surface area contributed by atoms with E-state index < -0.39 is 0 Å². The van der Waals surface area contributed by atoms with Crippen LogP contribution in [-0.4, -0.2) is 0 Å². The molecule has 3 rings (SSSR count). The molecular weight excluding hydrogens is 328 g/mol. The lowest BCUT2D eigenvalue weighted by Gasteiger charge is -2.06. The molecule has 3 aromatic carbocycles. The Morgan fingerprint density at radius 2 is 1.44 bits per heavy atom. The molecule has 0 aliphatic rings. The SMILES string of the molecule is Brc1ccc2c(Br)c3ccccc3cc2c1. The summed E-state index contributed by atoms with van der Waals surface area (Å²) in [6, 6.07) is 17.0. The highest BCUT2D eigenvalue weighted by Crippen LogP contribution is 2.33. The Morgan fingerprint density at radius 1 is 0.688 bits per heavy atom. The molecule has 0 amide bonds. The molecule has 0 bridgehead atoms. The summed E-state index contributed by atoms with van der Waals surface area (Å²) >= 11 is 7.20. The molecule has 0 nitrogen and oxygen atoms in total. The third kappa shape index (κ3) is 1.57. The van der Waals surface area contributed by atoms with Crippen LogP contribution in [0.15, 0.2) is 57.5 Å². The number of fused-ring (bicyclic) bond motifs is 2. The maximum atomic E-state index is 3.69. The quantitative estimate of drug-likeness (QED) is 0.474. The molecule has 0 aliphatic carbocycles. The van der Waals surface area contributed by atoms with Crippen molar-refractivity contribution in [2.75, 3.05) is 0 Å². The van der Waals surface area contributed by atoms with E-state index in [4.69, 9.17) is 0 Å². The average molecular weight is 336 g/mol. The lowest BCUT2D eigenvalue weighted by Crippen LogP contribution is -1.79. The Hall–Kier alpha value is -0.860. The Morgan fingerprint density at radius 3 is 2.31 bits per heavy atom. The van der Waals surface area contributed by atoms with Crippen molar-refractivity contribution in [3.8, 4) is 0 Å². The first-order valence-electron chi connectivity index (χ1n) is 5.02. The average Bonchev–Trinajstić information content (AvgIpc) is 2.29. The van der Waals surface area contributed by atoms with Gasteiger partial charge in [0.05, 0.1) is 0 Å². The summed E-state index contributed by atoms with van der Waals surface area (Å²) < 4.78 is 2.29. The van der Waals surface area contributed by atoms with E-state index in [1.54, 1.807) is 0 Å². The van der Waals surface area contributed by atoms with E-state index in [0.29, 0.717) is 0 Å². The molecule has 0 spiro atoms. The molecule has 0 saturated heterocycles. The second-order valence-electron chi connectivity index (χ2n) is 3.78. The second-order valence-corrected chi connectivity index (χ2v) is 5.49. The molecule has 0 aromatic heterocycles. The summed E-state index contributed by atoms with van der Waals surface area (Å²) in [7, 11) is 0. The third-order valence-corrected chi connectivity index (χ3v) is 4.11. The van der Waals surface area contributed by atoms with Gasteiger partial charge in [0, 0.05) is 8.95 Å². The Balaban J connectivity index is 2.55. The van der Waals surface area contributed by atoms with Gasteiger partial charge >= 0.3 is 0 Å². The van der Waals surface area contributed by atoms with E-state index >= 15 is 0 Å². The predicted octanol–water partition coefficient (Wildman–Crippen LogP) is 5.52. The van der Waals surface area contributed by atoms with Gasteiger partial charge in [-0.25, -0.2) is 0 Å². The molecule has 0 fully saturated rings. The molecule has 0 atom stereocenters. The van der Waals surface area contributed by atoms with E-state index in [0.717, 1.165) is 4.47 Å². The van der Waals surface area contributed by atoms with Gasteiger partial charge < -0.3 is 0 Å². The molecule has 0 N–H and O–H groups in total. The molecule has 0 aliphatic heterocycles. The van der Waals surface area contributed by atoms with Crippen molar-refractivity contribution in [3.05, 3.63) is 57.5 Å². The summed E-state index contributed by atoms with van der Waals surface area (Å²) in [5.74, 6) is 0. The molecule has 0 unspecified atom stereocenters. The largest absolute Gasteiger partial charge is 0.0616 e. The maximum absolute atomic E-state index is 3.69. The Kier molecular flexibility index (Phi) is 2.49. The zero-order valence-electron chi connectivity index (χ0n) is 8.37. The Labute approximate surface area is 111 Å². The summed E-state index contributed by atoms with van der Waals surface area (Å²) in [4.78, 5) is 0. The number of benzene rings is 3. The number of hydrogen-bond donors (Lipinski definition) is 0. The minimum Gasteiger partial charge on any atom is -0.0616 e. The maximum Gasteiger partial charge on any atom is 0.0332 e. The molecule has 0 radical (unpaired) electrons. The summed E-state index contributed by atoms with van der Waals surface area (Å²) in [6.45, 7) is 0. The fraction of sp³-hybridized carbons (Fsp3) is 0. The molecule has 0 saturated carbocycles. The van der Waals surface area contributed by atoms with Crippen molar-refractivity contribution < 1.29 is 0 Å². The van der Waals surface area contributed by atoms with E-state index in [9.17, 15) is 0 Å². The smallest absolute Gasteiger partial charge is 0.0332 e. The van der Waals surface area contributed by atoms with Crippen LogP contribution in [-0.2, 0) is 0 Å². The van der Waals surface area contributed by atoms with Gasteiger partial charge in [0.15, 0.2) is 0 Å². The number of halogens is 2. The van der Waals surface area contributed by atoms with E-state index in [1.165, 1.54) is 26.0 Å². The van der Waals surface area contributed by atoms with Crippen LogP contribution in [0, 0.1) is 0 Å². The van der Waals surface area contributed by atoms with Crippen LogP contribution >= 0.6 is 31.9 Å². The molecule has 16 heavy (non-hydrogen) atoms. The summed E-state index contributed by atoms with van der Waals surface area (Å²) in [6.07, 6.45) is 0. The lowest BCUT2D eigenvalue weighted by molar-refractivity contribution is 1.70. The predicted molar refractivity (Wildman–Crippen MR) is 76.9 cm³/mol. The van der Waals surface area contributed by atoms with Gasteiger partial charge in [-0.15, -0.1) is 0 Å². The normalized spacial score (nSPS) is 11.1. The monoisotopic (exact) mass is 334 g/mol. The third-order valence-electron chi connectivity index (χ3n) is 2.76. The van der Waals surface area contributed by atoms with Crippen LogP contribution in [0.4, 0.5) is 0 Å². The second kappa shape index (κ2) is 3.86. The lowest BCUT2D eigenvalue weighted by atomic mass is 10.0. The minimum atomic E-state index is 1.11. The van der Waals surface area contributed by atoms with Crippen LogP contribution in [0.1, 0.15) is 0 Å². The first-order chi connectivity index (χ1) is 7.75. The van der Waals surface area contributed by atoms with Gasteiger partial charge in [-0.1, -0.05) is 46.3 Å². The van der Waals surface area contributed by atoms with Crippen LogP contribution < -0.4 is 0 Å². The van der Waals surface area contributed by atoms with Crippen molar-refractivity contribution in [1.29, 1.82) is 0 Å². The number of hydrogen-bond acceptors (Lipinski definition) is 0. The van der Waals surface area contributed by atoms with Crippen LogP contribution in [0.2, 0.25) is 0 Å². The Bertz CT molecular complexity index is 687. The van der Waals surface area contributed by atoms with E-state index in [-0.39, 0.29) is 0 Å². The highest BCUT2D eigenvalue weighted by molar-refractivity contribution is 9.11. The van der Waals surface area contributed by atoms with E-state index in [1.807, 2.05) is 0 Å². The van der Waals surface area contributed by atoms with Crippen LogP contribution in [0.25, 0.3) is 21.5 Å². The standard InChI is InChI=1S/C14H8Br2/c15-11-5-6-13-10(8-11)7-9-3-1-2-4-12(9)14(13)16/h1-8H. The first kappa shape index (κ1) is 10.3. The summed E-state index contributed by atoms with van der Waals surface area (Å²) in [5.41, 5.74) is 0.